The third kappa shape index (κ3) is 5.19. The van der Waals surface area contributed by atoms with Crippen molar-refractivity contribution in [2.45, 2.75) is 70.4 Å². The van der Waals surface area contributed by atoms with Gasteiger partial charge in [-0.05, 0) is 48.4 Å². The molecule has 7 heteroatoms. The highest BCUT2D eigenvalue weighted by molar-refractivity contribution is 5.85. The lowest BCUT2D eigenvalue weighted by atomic mass is 9.83. The minimum absolute atomic E-state index is 0.0303. The molecule has 0 bridgehead atoms. The zero-order valence-corrected chi connectivity index (χ0v) is 20.4. The third-order valence-electron chi connectivity index (χ3n) is 7.51. The number of nitrogens with one attached hydrogen (secondary N) is 2. The van der Waals surface area contributed by atoms with Gasteiger partial charge in [0, 0.05) is 18.0 Å². The number of carboxylic acid groups (broad SMARTS) is 1. The van der Waals surface area contributed by atoms with Crippen LogP contribution in [-0.2, 0) is 14.3 Å². The second-order valence-corrected chi connectivity index (χ2v) is 9.89. The number of fused-ring (bicyclic) bond motifs is 3. The van der Waals surface area contributed by atoms with Crippen LogP contribution in [0.4, 0.5) is 4.79 Å². The van der Waals surface area contributed by atoms with E-state index in [1.807, 2.05) is 38.1 Å². The Bertz CT molecular complexity index is 1050. The van der Waals surface area contributed by atoms with E-state index in [0.717, 1.165) is 24.0 Å². The van der Waals surface area contributed by atoms with Crippen molar-refractivity contribution in [2.75, 3.05) is 6.61 Å². The Morgan fingerprint density at radius 2 is 1.71 bits per heavy atom. The van der Waals surface area contributed by atoms with E-state index in [4.69, 9.17) is 4.74 Å². The summed E-state index contributed by atoms with van der Waals surface area (Å²) in [6.07, 6.45) is 2.82. The summed E-state index contributed by atoms with van der Waals surface area (Å²) >= 11 is 0. The first-order valence-corrected chi connectivity index (χ1v) is 12.5. The van der Waals surface area contributed by atoms with Crippen LogP contribution in [0.15, 0.2) is 48.5 Å². The molecule has 0 saturated heterocycles. The summed E-state index contributed by atoms with van der Waals surface area (Å²) in [7, 11) is 0. The minimum atomic E-state index is -0.936. The number of amides is 2. The lowest BCUT2D eigenvalue weighted by Crippen LogP contribution is -2.53. The lowest BCUT2D eigenvalue weighted by Gasteiger charge is -2.32. The Labute approximate surface area is 206 Å². The van der Waals surface area contributed by atoms with Gasteiger partial charge >= 0.3 is 12.1 Å². The highest BCUT2D eigenvalue weighted by Gasteiger charge is 2.46. The number of hydrogen-bond acceptors (Lipinski definition) is 4. The fraction of sp³-hybridized carbons (Fsp3) is 0.464. The van der Waals surface area contributed by atoms with E-state index in [1.54, 1.807) is 0 Å². The van der Waals surface area contributed by atoms with Gasteiger partial charge in [-0.2, -0.15) is 0 Å². The molecule has 35 heavy (non-hydrogen) atoms. The maximum Gasteiger partial charge on any atom is 0.407 e. The standard InChI is InChI=1S/C28H34N2O5/c1-3-9-18(16-25(31)32)29-26(33)28(2)15-8-14-24(28)30-27(34)35-17-23-21-12-6-4-10-19(21)20-11-5-7-13-22(20)23/h4-7,10-13,18,23-24H,3,8-9,14-17H2,1-2H3,(H,29,33)(H,30,34)(H,31,32). The number of aliphatic carboxylic acids is 1. The fourth-order valence-electron chi connectivity index (χ4n) is 5.59. The van der Waals surface area contributed by atoms with E-state index in [9.17, 15) is 19.5 Å². The maximum absolute atomic E-state index is 13.2. The zero-order valence-electron chi connectivity index (χ0n) is 20.4. The van der Waals surface area contributed by atoms with Crippen LogP contribution in [0.3, 0.4) is 0 Å². The molecule has 186 valence electrons. The monoisotopic (exact) mass is 478 g/mol. The first kappa shape index (κ1) is 24.8. The third-order valence-corrected chi connectivity index (χ3v) is 7.51. The van der Waals surface area contributed by atoms with Crippen LogP contribution >= 0.6 is 0 Å². The van der Waals surface area contributed by atoms with Crippen molar-refractivity contribution in [3.8, 4) is 11.1 Å². The molecule has 2 aliphatic rings. The molecule has 0 radical (unpaired) electrons. The SMILES string of the molecule is CCCC(CC(=O)O)NC(=O)C1(C)CCCC1NC(=O)OCC1c2ccccc2-c2ccccc21. The van der Waals surface area contributed by atoms with Crippen LogP contribution in [0, 0.1) is 5.41 Å². The van der Waals surface area contributed by atoms with E-state index >= 15 is 0 Å². The summed E-state index contributed by atoms with van der Waals surface area (Å²) in [5.41, 5.74) is 3.81. The molecule has 7 nitrogen and oxygen atoms in total. The summed E-state index contributed by atoms with van der Waals surface area (Å²) in [5.74, 6) is -1.18. The van der Waals surface area contributed by atoms with Gasteiger partial charge in [-0.25, -0.2) is 4.79 Å². The summed E-state index contributed by atoms with van der Waals surface area (Å²) in [6, 6.07) is 15.6. The molecule has 3 N–H and O–H groups in total. The van der Waals surface area contributed by atoms with Crippen molar-refractivity contribution in [2.24, 2.45) is 5.41 Å². The van der Waals surface area contributed by atoms with E-state index in [0.29, 0.717) is 19.3 Å². The number of carboxylic acids is 1. The Kier molecular flexibility index (Phi) is 7.43. The molecular formula is C28H34N2O5. The predicted octanol–water partition coefficient (Wildman–Crippen LogP) is 4.84. The normalized spacial score (nSPS) is 21.6. The Hall–Kier alpha value is -3.35. The molecule has 2 amide bonds. The molecule has 0 aliphatic heterocycles. The van der Waals surface area contributed by atoms with Crippen molar-refractivity contribution in [3.63, 3.8) is 0 Å². The average molecular weight is 479 g/mol. The van der Waals surface area contributed by atoms with Crippen molar-refractivity contribution in [1.29, 1.82) is 0 Å². The van der Waals surface area contributed by atoms with Crippen LogP contribution in [-0.4, -0.2) is 41.8 Å². The second kappa shape index (κ2) is 10.5. The van der Waals surface area contributed by atoms with E-state index in [1.165, 1.54) is 11.1 Å². The zero-order chi connectivity index (χ0) is 25.0. The molecule has 2 aromatic carbocycles. The molecule has 1 saturated carbocycles. The highest BCUT2D eigenvalue weighted by atomic mass is 16.5. The molecule has 0 spiro atoms. The van der Waals surface area contributed by atoms with E-state index < -0.39 is 23.5 Å². The van der Waals surface area contributed by atoms with Crippen LogP contribution in [0.25, 0.3) is 11.1 Å². The van der Waals surface area contributed by atoms with Crippen molar-refractivity contribution in [3.05, 3.63) is 59.7 Å². The Morgan fingerprint density at radius 3 is 2.31 bits per heavy atom. The largest absolute Gasteiger partial charge is 0.481 e. The van der Waals surface area contributed by atoms with Gasteiger partial charge in [0.1, 0.15) is 6.61 Å². The number of carbonyl (C=O) groups excluding carboxylic acids is 2. The number of ether oxygens (including phenoxy) is 1. The molecule has 3 atom stereocenters. The molecule has 0 aromatic heterocycles. The first-order chi connectivity index (χ1) is 16.8. The van der Waals surface area contributed by atoms with Gasteiger partial charge in [0.05, 0.1) is 11.8 Å². The van der Waals surface area contributed by atoms with Gasteiger partial charge in [-0.3, -0.25) is 9.59 Å². The molecular weight excluding hydrogens is 444 g/mol. The lowest BCUT2D eigenvalue weighted by molar-refractivity contribution is -0.138. The van der Waals surface area contributed by atoms with Gasteiger partial charge in [0.15, 0.2) is 0 Å². The van der Waals surface area contributed by atoms with Crippen LogP contribution < -0.4 is 10.6 Å². The second-order valence-electron chi connectivity index (χ2n) is 9.89. The predicted molar refractivity (Wildman–Crippen MR) is 133 cm³/mol. The minimum Gasteiger partial charge on any atom is -0.481 e. The molecule has 2 aromatic rings. The average Bonchev–Trinajstić information content (AvgIpc) is 3.36. The van der Waals surface area contributed by atoms with Gasteiger partial charge in [-0.1, -0.05) is 68.3 Å². The van der Waals surface area contributed by atoms with E-state index in [2.05, 4.69) is 34.9 Å². The topological polar surface area (TPSA) is 105 Å². The van der Waals surface area contributed by atoms with Crippen LogP contribution in [0.1, 0.15) is 69.4 Å². The van der Waals surface area contributed by atoms with Crippen molar-refractivity contribution >= 4 is 18.0 Å². The number of carbonyl (C=O) groups is 3. The summed E-state index contributed by atoms with van der Waals surface area (Å²) in [5, 5.41) is 15.0. The van der Waals surface area contributed by atoms with Gasteiger partial charge in [0.2, 0.25) is 5.91 Å². The summed E-state index contributed by atoms with van der Waals surface area (Å²) in [4.78, 5) is 37.2. The van der Waals surface area contributed by atoms with Crippen LogP contribution in [0.5, 0.6) is 0 Å². The number of hydrogen-bond donors (Lipinski definition) is 3. The van der Waals surface area contributed by atoms with E-state index in [-0.39, 0.29) is 30.9 Å². The summed E-state index contributed by atoms with van der Waals surface area (Å²) in [6.45, 7) is 4.01. The smallest absolute Gasteiger partial charge is 0.407 e. The molecule has 4 rings (SSSR count). The molecule has 1 fully saturated rings. The molecule has 2 aliphatic carbocycles. The van der Waals surface area contributed by atoms with Gasteiger partial charge in [0.25, 0.3) is 0 Å². The Balaban J connectivity index is 1.39. The fourth-order valence-corrected chi connectivity index (χ4v) is 5.59. The number of benzene rings is 2. The number of alkyl carbamates (subject to hydrolysis) is 1. The quantitative estimate of drug-likeness (QED) is 0.478. The van der Waals surface area contributed by atoms with Gasteiger partial charge in [-0.15, -0.1) is 0 Å². The number of rotatable bonds is 9. The van der Waals surface area contributed by atoms with Crippen molar-refractivity contribution in [1.82, 2.24) is 10.6 Å². The Morgan fingerprint density at radius 1 is 1.09 bits per heavy atom. The van der Waals surface area contributed by atoms with Gasteiger partial charge < -0.3 is 20.5 Å². The maximum atomic E-state index is 13.2. The molecule has 3 unspecified atom stereocenters. The van der Waals surface area contributed by atoms with Crippen LogP contribution in [0.2, 0.25) is 0 Å². The van der Waals surface area contributed by atoms with Crippen molar-refractivity contribution < 1.29 is 24.2 Å². The highest BCUT2D eigenvalue weighted by Crippen LogP contribution is 2.44. The molecule has 0 heterocycles. The first-order valence-electron chi connectivity index (χ1n) is 12.5. The summed E-state index contributed by atoms with van der Waals surface area (Å²) < 4.78 is 5.69.